The number of anilines is 2. The largest absolute Gasteiger partial charge is 0.511 e. The fourth-order valence-electron chi connectivity index (χ4n) is 8.60. The van der Waals surface area contributed by atoms with E-state index in [-0.39, 0.29) is 37.5 Å². The van der Waals surface area contributed by atoms with Crippen molar-refractivity contribution in [3.8, 4) is 11.4 Å². The van der Waals surface area contributed by atoms with E-state index in [1.807, 2.05) is 55.5 Å². The van der Waals surface area contributed by atoms with E-state index in [0.29, 0.717) is 50.3 Å². The molecule has 2 aliphatic heterocycles. The number of unbranched alkanes of at least 4 members (excludes halogenated alkanes) is 2. The number of carbonyl (C=O) groups is 2. The van der Waals surface area contributed by atoms with Gasteiger partial charge in [0.25, 0.3) is 0 Å². The normalized spacial score (nSPS) is 18.7. The minimum absolute atomic E-state index is 0.0198. The topological polar surface area (TPSA) is 221 Å². The molecule has 372 valence electrons. The standard InChI is InChI=1S/C46H56F2N8O12S/c1-4-42(32(2)66-45(59)68-33(3)67-43(57)8-6-5-7-23-65-69(60,61)62)56-44(58)55(31-51-56)38-12-10-36(11-13-38)52-19-21-53(22-20-52)37-14-16-39(17-15-37)63-26-34-25-46(64-27-34,28-54-30-49-29-50-54)40-18-9-35(47)24-41(40)48/h9-18,24,29-34,42H,4-8,19-23,25-28H2,1-3H3,(H,60,61,62)/t32-,33?,34+,42-,46-/m0/s1. The first-order chi connectivity index (χ1) is 33.1. The van der Waals surface area contributed by atoms with Crippen molar-refractivity contribution in [3.05, 3.63) is 113 Å². The second-order valence-corrected chi connectivity index (χ2v) is 18.0. The number of ether oxygens (including phenoxy) is 5. The second-order valence-electron chi connectivity index (χ2n) is 16.9. The molecule has 1 N–H and O–H groups in total. The molecule has 5 aromatic rings. The van der Waals surface area contributed by atoms with E-state index in [0.717, 1.165) is 43.6 Å². The molecule has 20 nitrogen and oxygen atoms in total. The maximum Gasteiger partial charge on any atom is 0.511 e. The Morgan fingerprint density at radius 3 is 2.20 bits per heavy atom. The molecule has 7 rings (SSSR count). The molecule has 0 aliphatic carbocycles. The van der Waals surface area contributed by atoms with Gasteiger partial charge in [0.1, 0.15) is 48.1 Å². The lowest BCUT2D eigenvalue weighted by atomic mass is 9.87. The van der Waals surface area contributed by atoms with E-state index in [2.05, 4.69) is 29.2 Å². The molecule has 0 bridgehead atoms. The summed E-state index contributed by atoms with van der Waals surface area (Å²) >= 11 is 0. The van der Waals surface area contributed by atoms with Gasteiger partial charge in [0.15, 0.2) is 0 Å². The van der Waals surface area contributed by atoms with E-state index < -0.39 is 63.9 Å². The molecule has 2 saturated heterocycles. The molecule has 5 atom stereocenters. The van der Waals surface area contributed by atoms with Gasteiger partial charge in [-0.05, 0) is 87.2 Å². The highest BCUT2D eigenvalue weighted by molar-refractivity contribution is 7.80. The smallest absolute Gasteiger partial charge is 0.493 e. The molecule has 3 aromatic carbocycles. The Morgan fingerprint density at radius 1 is 0.884 bits per heavy atom. The Bertz CT molecular complexity index is 2650. The van der Waals surface area contributed by atoms with Gasteiger partial charge in [-0.2, -0.15) is 18.6 Å². The number of hydrogen-bond acceptors (Lipinski definition) is 16. The Balaban J connectivity index is 0.847. The molecule has 2 fully saturated rings. The lowest BCUT2D eigenvalue weighted by Crippen LogP contribution is -2.46. The van der Waals surface area contributed by atoms with Gasteiger partial charge in [-0.15, -0.1) is 0 Å². The van der Waals surface area contributed by atoms with Crippen molar-refractivity contribution in [2.45, 2.75) is 89.9 Å². The van der Waals surface area contributed by atoms with Crippen molar-refractivity contribution in [2.75, 3.05) is 55.8 Å². The molecule has 0 spiro atoms. The van der Waals surface area contributed by atoms with Crippen molar-refractivity contribution in [1.82, 2.24) is 29.1 Å². The average molecular weight is 983 g/mol. The van der Waals surface area contributed by atoms with Crippen LogP contribution in [0.2, 0.25) is 0 Å². The van der Waals surface area contributed by atoms with Crippen LogP contribution in [0.25, 0.3) is 5.69 Å². The van der Waals surface area contributed by atoms with Crippen molar-refractivity contribution < 1.29 is 59.2 Å². The van der Waals surface area contributed by atoms with Crippen LogP contribution in [0.1, 0.15) is 70.9 Å². The molecule has 2 aromatic heterocycles. The summed E-state index contributed by atoms with van der Waals surface area (Å²) in [6, 6.07) is 18.4. The molecular formula is C46H56F2N8O12S. The third-order valence-electron chi connectivity index (χ3n) is 12.0. The molecular weight excluding hydrogens is 927 g/mol. The monoisotopic (exact) mass is 982 g/mol. The number of hydrogen-bond donors (Lipinski definition) is 1. The summed E-state index contributed by atoms with van der Waals surface area (Å²) in [5.74, 6) is -1.33. The van der Waals surface area contributed by atoms with Crippen LogP contribution in [0, 0.1) is 17.6 Å². The van der Waals surface area contributed by atoms with Gasteiger partial charge in [0.05, 0.1) is 38.1 Å². The van der Waals surface area contributed by atoms with Gasteiger partial charge in [0.2, 0.25) is 6.29 Å². The zero-order chi connectivity index (χ0) is 49.1. The molecule has 0 radical (unpaired) electrons. The Kier molecular flexibility index (Phi) is 16.7. The molecule has 23 heteroatoms. The average Bonchev–Trinajstić information content (AvgIpc) is 4.08. The van der Waals surface area contributed by atoms with Crippen molar-refractivity contribution in [3.63, 3.8) is 0 Å². The molecule has 0 saturated carbocycles. The maximum atomic E-state index is 15.1. The fourth-order valence-corrected chi connectivity index (χ4v) is 8.93. The van der Waals surface area contributed by atoms with E-state index in [1.165, 1.54) is 47.3 Å². The number of halogens is 2. The van der Waals surface area contributed by atoms with Crippen LogP contribution in [-0.2, 0) is 50.5 Å². The molecule has 1 unspecified atom stereocenters. The summed E-state index contributed by atoms with van der Waals surface area (Å²) in [5, 5.41) is 8.51. The highest BCUT2D eigenvalue weighted by Crippen LogP contribution is 2.42. The second kappa shape index (κ2) is 22.8. The summed E-state index contributed by atoms with van der Waals surface area (Å²) in [6.45, 7) is 8.54. The predicted molar refractivity (Wildman–Crippen MR) is 244 cm³/mol. The SMILES string of the molecule is CC[C@@H]([C@H](C)OC(=O)OC(C)OC(=O)CCCCCOS(=O)(=O)O)n1ncn(-c2ccc(N3CCN(c4ccc(OC[C@@H]5CO[C@@](Cn6cncn6)(c6ccc(F)cc6F)C5)cc4)CC3)cc2)c1=O. The third kappa shape index (κ3) is 13.4. The number of nitrogens with zero attached hydrogens (tertiary/aromatic N) is 8. The highest BCUT2D eigenvalue weighted by Gasteiger charge is 2.45. The quantitative estimate of drug-likeness (QED) is 0.0363. The van der Waals surface area contributed by atoms with Crippen LogP contribution in [-0.4, -0.2) is 113 Å². The summed E-state index contributed by atoms with van der Waals surface area (Å²) in [6.07, 6.45) is 3.04. The van der Waals surface area contributed by atoms with E-state index in [1.54, 1.807) is 11.6 Å². The van der Waals surface area contributed by atoms with Gasteiger partial charge >= 0.3 is 28.2 Å². The Labute approximate surface area is 397 Å². The van der Waals surface area contributed by atoms with Crippen LogP contribution in [0.3, 0.4) is 0 Å². The van der Waals surface area contributed by atoms with Gasteiger partial charge in [-0.25, -0.2) is 41.5 Å². The third-order valence-corrected chi connectivity index (χ3v) is 12.5. The van der Waals surface area contributed by atoms with Crippen LogP contribution in [0.4, 0.5) is 25.0 Å². The van der Waals surface area contributed by atoms with Gasteiger partial charge in [-0.1, -0.05) is 19.4 Å². The van der Waals surface area contributed by atoms with Crippen molar-refractivity contribution in [2.24, 2.45) is 5.92 Å². The zero-order valence-corrected chi connectivity index (χ0v) is 39.3. The minimum Gasteiger partial charge on any atom is -0.493 e. The molecule has 0 amide bonds. The number of carbonyl (C=O) groups excluding carboxylic acids is 2. The molecule has 4 heterocycles. The fraction of sp³-hybridized carbons (Fsp3) is 0.478. The summed E-state index contributed by atoms with van der Waals surface area (Å²) in [4.78, 5) is 46.9. The van der Waals surface area contributed by atoms with Crippen LogP contribution in [0.15, 0.2) is 90.5 Å². The lowest BCUT2D eigenvalue weighted by molar-refractivity contribution is -0.169. The number of benzene rings is 3. The van der Waals surface area contributed by atoms with E-state index in [4.69, 9.17) is 28.2 Å². The molecule has 2 aliphatic rings. The first-order valence-electron chi connectivity index (χ1n) is 22.7. The zero-order valence-electron chi connectivity index (χ0n) is 38.5. The van der Waals surface area contributed by atoms with Crippen molar-refractivity contribution >= 4 is 33.9 Å². The van der Waals surface area contributed by atoms with Crippen molar-refractivity contribution in [1.29, 1.82) is 0 Å². The van der Waals surface area contributed by atoms with Crippen LogP contribution in [0.5, 0.6) is 5.75 Å². The first-order valence-corrected chi connectivity index (χ1v) is 24.1. The summed E-state index contributed by atoms with van der Waals surface area (Å²) in [5.41, 5.74) is 1.45. The van der Waals surface area contributed by atoms with Gasteiger partial charge in [0, 0.05) is 68.4 Å². The predicted octanol–water partition coefficient (Wildman–Crippen LogP) is 6.00. The number of esters is 1. The Morgan fingerprint density at radius 2 is 1.57 bits per heavy atom. The summed E-state index contributed by atoms with van der Waals surface area (Å²) in [7, 11) is -4.51. The van der Waals surface area contributed by atoms with Gasteiger partial charge in [-0.3, -0.25) is 9.35 Å². The van der Waals surface area contributed by atoms with E-state index >= 15 is 4.39 Å². The van der Waals surface area contributed by atoms with Crippen LogP contribution >= 0.6 is 0 Å². The van der Waals surface area contributed by atoms with Crippen LogP contribution < -0.4 is 20.2 Å². The molecule has 69 heavy (non-hydrogen) atoms. The minimum atomic E-state index is -4.51. The summed E-state index contributed by atoms with van der Waals surface area (Å²) < 4.78 is 95.1. The lowest BCUT2D eigenvalue weighted by Gasteiger charge is -2.37. The Hall–Kier alpha value is -6.43. The number of rotatable bonds is 22. The first kappa shape index (κ1) is 50.4. The van der Waals surface area contributed by atoms with E-state index in [9.17, 15) is 27.2 Å². The number of aromatic nitrogens is 6. The van der Waals surface area contributed by atoms with Gasteiger partial charge < -0.3 is 33.5 Å². The maximum absolute atomic E-state index is 15.1. The highest BCUT2D eigenvalue weighted by atomic mass is 32.3. The number of piperazine rings is 1.